The van der Waals surface area contributed by atoms with Crippen LogP contribution in [0.4, 0.5) is 0 Å². The standard InChI is InChI=1S/C16H29NO3/c1-15(2,19)11-14(18)17-10-6-8-13(17)12-7-4-5-9-16(12,3)20/h12-13,19-20H,4-11H2,1-3H3/t12-,13+,16-/m0/s1. The number of aliphatic hydroxyl groups is 2. The van der Waals surface area contributed by atoms with Crippen molar-refractivity contribution < 1.29 is 15.0 Å². The van der Waals surface area contributed by atoms with Crippen LogP contribution in [0.1, 0.15) is 65.7 Å². The Hall–Kier alpha value is -0.610. The molecular weight excluding hydrogens is 254 g/mol. The zero-order valence-corrected chi connectivity index (χ0v) is 13.1. The molecule has 4 heteroatoms. The molecule has 1 saturated carbocycles. The topological polar surface area (TPSA) is 60.8 Å². The van der Waals surface area contributed by atoms with Crippen molar-refractivity contribution in [3.8, 4) is 0 Å². The summed E-state index contributed by atoms with van der Waals surface area (Å²) in [4.78, 5) is 14.3. The molecule has 3 atom stereocenters. The molecule has 20 heavy (non-hydrogen) atoms. The first-order valence-electron chi connectivity index (χ1n) is 7.95. The number of hydrogen-bond donors (Lipinski definition) is 2. The van der Waals surface area contributed by atoms with Crippen LogP contribution in [0.25, 0.3) is 0 Å². The molecule has 2 N–H and O–H groups in total. The lowest BCUT2D eigenvalue weighted by Crippen LogP contribution is -2.51. The summed E-state index contributed by atoms with van der Waals surface area (Å²) < 4.78 is 0. The molecule has 1 aliphatic heterocycles. The minimum Gasteiger partial charge on any atom is -0.390 e. The maximum absolute atomic E-state index is 12.4. The van der Waals surface area contributed by atoms with E-state index >= 15 is 0 Å². The van der Waals surface area contributed by atoms with Gasteiger partial charge in [0, 0.05) is 18.5 Å². The highest BCUT2D eigenvalue weighted by Gasteiger charge is 2.44. The number of likely N-dealkylation sites (tertiary alicyclic amines) is 1. The summed E-state index contributed by atoms with van der Waals surface area (Å²) in [6, 6.07) is 0.153. The quantitative estimate of drug-likeness (QED) is 0.833. The van der Waals surface area contributed by atoms with E-state index in [1.54, 1.807) is 13.8 Å². The maximum Gasteiger partial charge on any atom is 0.225 e. The average molecular weight is 283 g/mol. The van der Waals surface area contributed by atoms with Crippen molar-refractivity contribution in [2.75, 3.05) is 6.54 Å². The van der Waals surface area contributed by atoms with Crippen LogP contribution in [0.5, 0.6) is 0 Å². The summed E-state index contributed by atoms with van der Waals surface area (Å²) in [6.45, 7) is 6.04. The van der Waals surface area contributed by atoms with E-state index in [0.29, 0.717) is 0 Å². The van der Waals surface area contributed by atoms with Gasteiger partial charge in [-0.25, -0.2) is 0 Å². The van der Waals surface area contributed by atoms with Crippen LogP contribution < -0.4 is 0 Å². The molecule has 1 saturated heterocycles. The van der Waals surface area contributed by atoms with Crippen molar-refractivity contribution >= 4 is 5.91 Å². The summed E-state index contributed by atoms with van der Waals surface area (Å²) in [5.41, 5.74) is -1.61. The highest BCUT2D eigenvalue weighted by Crippen LogP contribution is 2.41. The fourth-order valence-corrected chi connectivity index (χ4v) is 3.94. The molecule has 0 aromatic rings. The lowest BCUT2D eigenvalue weighted by Gasteiger charge is -2.43. The van der Waals surface area contributed by atoms with Crippen LogP contribution in [0.15, 0.2) is 0 Å². The molecule has 2 fully saturated rings. The Morgan fingerprint density at radius 3 is 2.60 bits per heavy atom. The van der Waals surface area contributed by atoms with Gasteiger partial charge < -0.3 is 15.1 Å². The zero-order chi connectivity index (χ0) is 15.0. The van der Waals surface area contributed by atoms with Crippen LogP contribution in [0.2, 0.25) is 0 Å². The normalized spacial score (nSPS) is 35.4. The molecule has 4 nitrogen and oxygen atoms in total. The second-order valence-electron chi connectivity index (χ2n) is 7.50. The molecule has 2 rings (SSSR count). The van der Waals surface area contributed by atoms with E-state index in [4.69, 9.17) is 0 Å². The molecule has 1 heterocycles. The smallest absolute Gasteiger partial charge is 0.225 e. The van der Waals surface area contributed by atoms with Crippen molar-refractivity contribution in [3.63, 3.8) is 0 Å². The lowest BCUT2D eigenvalue weighted by atomic mass is 9.72. The SMILES string of the molecule is CC(C)(O)CC(=O)N1CCC[C@@H]1[C@@H]1CCCC[C@]1(C)O. The van der Waals surface area contributed by atoms with Gasteiger partial charge in [0.15, 0.2) is 0 Å². The Bertz CT molecular complexity index is 359. The fraction of sp³-hybridized carbons (Fsp3) is 0.938. The Balaban J connectivity index is 2.08. The molecule has 0 spiro atoms. The van der Waals surface area contributed by atoms with Crippen molar-refractivity contribution in [3.05, 3.63) is 0 Å². The summed E-state index contributed by atoms with van der Waals surface area (Å²) in [7, 11) is 0. The Morgan fingerprint density at radius 1 is 1.30 bits per heavy atom. The molecule has 116 valence electrons. The Morgan fingerprint density at radius 2 is 2.00 bits per heavy atom. The first kappa shape index (κ1) is 15.8. The minimum atomic E-state index is -0.959. The third-order valence-corrected chi connectivity index (χ3v) is 4.91. The number of carbonyl (C=O) groups excluding carboxylic acids is 1. The van der Waals surface area contributed by atoms with Crippen molar-refractivity contribution in [1.29, 1.82) is 0 Å². The van der Waals surface area contributed by atoms with Gasteiger partial charge >= 0.3 is 0 Å². The van der Waals surface area contributed by atoms with Crippen LogP contribution in [0.3, 0.4) is 0 Å². The first-order valence-corrected chi connectivity index (χ1v) is 7.95. The number of nitrogens with zero attached hydrogens (tertiary/aromatic N) is 1. The summed E-state index contributed by atoms with van der Waals surface area (Å²) in [5, 5.41) is 20.5. The van der Waals surface area contributed by atoms with E-state index in [1.165, 1.54) is 0 Å². The fourth-order valence-electron chi connectivity index (χ4n) is 3.94. The van der Waals surface area contributed by atoms with Gasteiger partial charge in [0.2, 0.25) is 5.91 Å². The van der Waals surface area contributed by atoms with Gasteiger partial charge in [0.25, 0.3) is 0 Å². The van der Waals surface area contributed by atoms with E-state index in [9.17, 15) is 15.0 Å². The molecule has 0 unspecified atom stereocenters. The number of amides is 1. The zero-order valence-electron chi connectivity index (χ0n) is 13.1. The first-order chi connectivity index (χ1) is 9.21. The van der Waals surface area contributed by atoms with E-state index in [-0.39, 0.29) is 24.3 Å². The van der Waals surface area contributed by atoms with Crippen LogP contribution in [0, 0.1) is 5.92 Å². The van der Waals surface area contributed by atoms with Gasteiger partial charge in [-0.05, 0) is 46.5 Å². The predicted molar refractivity (Wildman–Crippen MR) is 78.2 cm³/mol. The highest BCUT2D eigenvalue weighted by molar-refractivity contribution is 5.77. The monoisotopic (exact) mass is 283 g/mol. The molecule has 0 bridgehead atoms. The molecule has 1 amide bonds. The molecule has 2 aliphatic rings. The Labute approximate surface area is 122 Å². The van der Waals surface area contributed by atoms with Gasteiger partial charge in [-0.15, -0.1) is 0 Å². The lowest BCUT2D eigenvalue weighted by molar-refractivity contribution is -0.140. The van der Waals surface area contributed by atoms with Crippen molar-refractivity contribution in [2.24, 2.45) is 5.92 Å². The van der Waals surface area contributed by atoms with Gasteiger partial charge in [-0.2, -0.15) is 0 Å². The summed E-state index contributed by atoms with van der Waals surface area (Å²) >= 11 is 0. The van der Waals surface area contributed by atoms with Gasteiger partial charge in [0.05, 0.1) is 17.6 Å². The molecule has 1 aliphatic carbocycles. The average Bonchev–Trinajstić information content (AvgIpc) is 2.74. The largest absolute Gasteiger partial charge is 0.390 e. The van der Waals surface area contributed by atoms with Gasteiger partial charge in [0.1, 0.15) is 0 Å². The minimum absolute atomic E-state index is 0.0290. The highest BCUT2D eigenvalue weighted by atomic mass is 16.3. The third-order valence-electron chi connectivity index (χ3n) is 4.91. The number of carbonyl (C=O) groups is 1. The van der Waals surface area contributed by atoms with E-state index in [0.717, 1.165) is 45.1 Å². The van der Waals surface area contributed by atoms with Crippen molar-refractivity contribution in [1.82, 2.24) is 4.90 Å². The van der Waals surface area contributed by atoms with E-state index < -0.39 is 11.2 Å². The van der Waals surface area contributed by atoms with Crippen molar-refractivity contribution in [2.45, 2.75) is 83.0 Å². The molecular formula is C16H29NO3. The van der Waals surface area contributed by atoms with Crippen LogP contribution in [-0.2, 0) is 4.79 Å². The molecule has 0 radical (unpaired) electrons. The third kappa shape index (κ3) is 3.53. The summed E-state index contributed by atoms with van der Waals surface area (Å²) in [6.07, 6.45) is 6.22. The number of rotatable bonds is 3. The molecule has 0 aromatic carbocycles. The van der Waals surface area contributed by atoms with E-state index in [2.05, 4.69) is 0 Å². The van der Waals surface area contributed by atoms with Gasteiger partial charge in [-0.1, -0.05) is 12.8 Å². The predicted octanol–water partition coefficient (Wildman–Crippen LogP) is 2.08. The Kier molecular flexibility index (Phi) is 4.45. The van der Waals surface area contributed by atoms with Crippen LogP contribution >= 0.6 is 0 Å². The second kappa shape index (κ2) is 5.64. The van der Waals surface area contributed by atoms with Crippen LogP contribution in [-0.4, -0.2) is 44.8 Å². The van der Waals surface area contributed by atoms with E-state index in [1.807, 2.05) is 11.8 Å². The second-order valence-corrected chi connectivity index (χ2v) is 7.50. The number of hydrogen-bond acceptors (Lipinski definition) is 3. The molecule has 0 aromatic heterocycles. The van der Waals surface area contributed by atoms with Gasteiger partial charge in [-0.3, -0.25) is 4.79 Å². The summed E-state index contributed by atoms with van der Waals surface area (Å²) in [5.74, 6) is 0.214. The maximum atomic E-state index is 12.4.